The van der Waals surface area contributed by atoms with Gasteiger partial charge in [-0.2, -0.15) is 0 Å². The number of hydrogen-bond acceptors (Lipinski definition) is 3. The highest BCUT2D eigenvalue weighted by atomic mass is 16.4. The molecule has 2 aliphatic rings. The maximum Gasteiger partial charge on any atom is 0.329 e. The van der Waals surface area contributed by atoms with Crippen molar-refractivity contribution in [1.29, 1.82) is 0 Å². The number of nitrogens with zero attached hydrogens (tertiary/aromatic N) is 1. The number of aliphatic carboxylic acids is 1. The molecule has 1 aliphatic heterocycles. The van der Waals surface area contributed by atoms with Gasteiger partial charge in [-0.15, -0.1) is 0 Å². The second kappa shape index (κ2) is 9.08. The van der Waals surface area contributed by atoms with Crippen LogP contribution in [-0.2, 0) is 9.59 Å². The Kier molecular flexibility index (Phi) is 6.54. The van der Waals surface area contributed by atoms with Gasteiger partial charge in [0.15, 0.2) is 0 Å². The minimum atomic E-state index is -1.16. The Bertz CT molecular complexity index is 699. The summed E-state index contributed by atoms with van der Waals surface area (Å²) in [6.45, 7) is 0.896. The number of anilines is 1. The highest BCUT2D eigenvalue weighted by Gasteiger charge is 2.42. The molecule has 1 unspecified atom stereocenters. The third kappa shape index (κ3) is 4.82. The fourth-order valence-electron chi connectivity index (χ4n) is 4.16. The molecule has 7 heteroatoms. The summed E-state index contributed by atoms with van der Waals surface area (Å²) in [5.41, 5.74) is -0.454. The number of hydrogen-bond donors (Lipinski definition) is 3. The van der Waals surface area contributed by atoms with E-state index >= 15 is 0 Å². The number of benzene rings is 1. The molecule has 2 fully saturated rings. The van der Waals surface area contributed by atoms with Gasteiger partial charge >= 0.3 is 12.0 Å². The molecule has 1 heterocycles. The smallest absolute Gasteiger partial charge is 0.329 e. The standard InChI is InChI=1S/C21H29N3O4/c25-18(23-21(19(26)27)12-6-1-2-7-13-21)16-9-8-14-24(15-16)20(28)22-17-10-4-3-5-11-17/h3-5,10-11,16H,1-2,6-9,12-15H2,(H,22,28)(H,23,25)(H,26,27). The molecule has 3 N–H and O–H groups in total. The minimum absolute atomic E-state index is 0.230. The van der Waals surface area contributed by atoms with Crippen LogP contribution in [0.25, 0.3) is 0 Å². The molecule has 1 aliphatic carbocycles. The second-order valence-electron chi connectivity index (χ2n) is 7.87. The number of carbonyl (C=O) groups is 3. The zero-order valence-electron chi connectivity index (χ0n) is 16.2. The molecule has 1 saturated carbocycles. The van der Waals surface area contributed by atoms with Crippen molar-refractivity contribution in [3.8, 4) is 0 Å². The van der Waals surface area contributed by atoms with Crippen molar-refractivity contribution < 1.29 is 19.5 Å². The summed E-state index contributed by atoms with van der Waals surface area (Å²) in [6.07, 6.45) is 5.95. The highest BCUT2D eigenvalue weighted by molar-refractivity contribution is 5.91. The van der Waals surface area contributed by atoms with Crippen LogP contribution in [-0.4, -0.2) is 46.5 Å². The Morgan fingerprint density at radius 3 is 2.32 bits per heavy atom. The molecule has 7 nitrogen and oxygen atoms in total. The van der Waals surface area contributed by atoms with Gasteiger partial charge in [-0.05, 0) is 37.8 Å². The first-order valence-electron chi connectivity index (χ1n) is 10.2. The lowest BCUT2D eigenvalue weighted by Crippen LogP contribution is -2.57. The Morgan fingerprint density at radius 1 is 1.00 bits per heavy atom. The van der Waals surface area contributed by atoms with Crippen LogP contribution in [0, 0.1) is 5.92 Å². The predicted molar refractivity (Wildman–Crippen MR) is 106 cm³/mol. The number of carboxylic acid groups (broad SMARTS) is 1. The maximum atomic E-state index is 12.9. The number of piperidine rings is 1. The monoisotopic (exact) mass is 387 g/mol. The van der Waals surface area contributed by atoms with E-state index < -0.39 is 11.5 Å². The lowest BCUT2D eigenvalue weighted by atomic mass is 9.88. The number of rotatable bonds is 4. The van der Waals surface area contributed by atoms with E-state index in [4.69, 9.17) is 0 Å². The van der Waals surface area contributed by atoms with E-state index in [9.17, 15) is 19.5 Å². The molecule has 0 aromatic heterocycles. The van der Waals surface area contributed by atoms with Gasteiger partial charge < -0.3 is 20.6 Å². The topological polar surface area (TPSA) is 98.7 Å². The summed E-state index contributed by atoms with van der Waals surface area (Å²) >= 11 is 0. The minimum Gasteiger partial charge on any atom is -0.480 e. The Hall–Kier alpha value is -2.57. The first-order chi connectivity index (χ1) is 13.5. The second-order valence-corrected chi connectivity index (χ2v) is 7.87. The van der Waals surface area contributed by atoms with Crippen molar-refractivity contribution in [1.82, 2.24) is 10.2 Å². The third-order valence-electron chi connectivity index (χ3n) is 5.83. The van der Waals surface area contributed by atoms with E-state index in [1.807, 2.05) is 30.3 Å². The molecule has 3 rings (SSSR count). The zero-order chi connectivity index (χ0) is 20.0. The number of amides is 3. The highest BCUT2D eigenvalue weighted by Crippen LogP contribution is 2.29. The first-order valence-corrected chi connectivity index (χ1v) is 10.2. The average molecular weight is 387 g/mol. The summed E-state index contributed by atoms with van der Waals surface area (Å²) < 4.78 is 0. The summed E-state index contributed by atoms with van der Waals surface area (Å²) in [5, 5.41) is 15.5. The van der Waals surface area contributed by atoms with Crippen LogP contribution in [0.15, 0.2) is 30.3 Å². The lowest BCUT2D eigenvalue weighted by molar-refractivity contribution is -0.149. The van der Waals surface area contributed by atoms with Crippen LogP contribution >= 0.6 is 0 Å². The molecule has 0 radical (unpaired) electrons. The Labute approximate surface area is 165 Å². The SMILES string of the molecule is O=C(NC1(C(=O)O)CCCCCC1)C1CCCN(C(=O)Nc2ccccc2)C1. The van der Waals surface area contributed by atoms with E-state index in [1.54, 1.807) is 4.90 Å². The Balaban J connectivity index is 1.61. The largest absolute Gasteiger partial charge is 0.480 e. The van der Waals surface area contributed by atoms with Crippen molar-refractivity contribution in [3.63, 3.8) is 0 Å². The van der Waals surface area contributed by atoms with Gasteiger partial charge in [0.05, 0.1) is 5.92 Å². The molecule has 152 valence electrons. The van der Waals surface area contributed by atoms with Crippen LogP contribution in [0.4, 0.5) is 10.5 Å². The Morgan fingerprint density at radius 2 is 1.68 bits per heavy atom. The number of carbonyl (C=O) groups excluding carboxylic acids is 2. The van der Waals surface area contributed by atoms with Crippen molar-refractivity contribution >= 4 is 23.6 Å². The predicted octanol–water partition coefficient (Wildman–Crippen LogP) is 3.22. The van der Waals surface area contributed by atoms with Crippen molar-refractivity contribution in [2.24, 2.45) is 5.92 Å². The van der Waals surface area contributed by atoms with E-state index in [2.05, 4.69) is 10.6 Å². The molecule has 3 amide bonds. The molecule has 1 aromatic carbocycles. The maximum absolute atomic E-state index is 12.9. The normalized spacial score (nSPS) is 22.0. The number of nitrogens with one attached hydrogen (secondary N) is 2. The molecule has 1 saturated heterocycles. The van der Waals surface area contributed by atoms with Crippen molar-refractivity contribution in [3.05, 3.63) is 30.3 Å². The van der Waals surface area contributed by atoms with Crippen molar-refractivity contribution in [2.45, 2.75) is 56.9 Å². The molecular formula is C21H29N3O4. The van der Waals surface area contributed by atoms with Gasteiger partial charge in [-0.3, -0.25) is 4.79 Å². The van der Waals surface area contributed by atoms with E-state index in [1.165, 1.54) is 0 Å². The lowest BCUT2D eigenvalue weighted by Gasteiger charge is -2.35. The van der Waals surface area contributed by atoms with E-state index in [-0.39, 0.29) is 17.9 Å². The molecule has 1 atom stereocenters. The van der Waals surface area contributed by atoms with Gasteiger partial charge in [0, 0.05) is 18.8 Å². The summed E-state index contributed by atoms with van der Waals surface area (Å²) in [4.78, 5) is 39.0. The molecular weight excluding hydrogens is 358 g/mol. The summed E-state index contributed by atoms with van der Waals surface area (Å²) in [5.74, 6) is -1.58. The third-order valence-corrected chi connectivity index (χ3v) is 5.83. The van der Waals surface area contributed by atoms with Gasteiger partial charge in [-0.1, -0.05) is 43.9 Å². The number of likely N-dealkylation sites (tertiary alicyclic amines) is 1. The quantitative estimate of drug-likeness (QED) is 0.691. The van der Waals surface area contributed by atoms with Gasteiger partial charge in [0.1, 0.15) is 5.54 Å². The van der Waals surface area contributed by atoms with Gasteiger partial charge in [-0.25, -0.2) is 9.59 Å². The fraction of sp³-hybridized carbons (Fsp3) is 0.571. The van der Waals surface area contributed by atoms with E-state index in [0.717, 1.165) is 32.1 Å². The number of urea groups is 1. The fourth-order valence-corrected chi connectivity index (χ4v) is 4.16. The van der Waals surface area contributed by atoms with Crippen LogP contribution in [0.2, 0.25) is 0 Å². The first kappa shape index (κ1) is 20.2. The summed E-state index contributed by atoms with van der Waals surface area (Å²) in [7, 11) is 0. The molecule has 0 bridgehead atoms. The molecule has 0 spiro atoms. The average Bonchev–Trinajstić information content (AvgIpc) is 2.95. The van der Waals surface area contributed by atoms with Crippen LogP contribution in [0.1, 0.15) is 51.4 Å². The molecule has 28 heavy (non-hydrogen) atoms. The van der Waals surface area contributed by atoms with Gasteiger partial charge in [0.2, 0.25) is 5.91 Å². The number of para-hydroxylation sites is 1. The van der Waals surface area contributed by atoms with Crippen molar-refractivity contribution in [2.75, 3.05) is 18.4 Å². The number of carboxylic acids is 1. The van der Waals surface area contributed by atoms with E-state index in [0.29, 0.717) is 38.0 Å². The van der Waals surface area contributed by atoms with Crippen LogP contribution in [0.5, 0.6) is 0 Å². The van der Waals surface area contributed by atoms with Crippen LogP contribution < -0.4 is 10.6 Å². The molecule has 1 aromatic rings. The zero-order valence-corrected chi connectivity index (χ0v) is 16.2. The summed E-state index contributed by atoms with van der Waals surface area (Å²) in [6, 6.07) is 8.97. The van der Waals surface area contributed by atoms with Gasteiger partial charge in [0.25, 0.3) is 0 Å². The van der Waals surface area contributed by atoms with Crippen LogP contribution in [0.3, 0.4) is 0 Å².